The molecule has 0 spiro atoms. The molecular formula is C15H23N. The molecule has 0 aromatic rings. The Morgan fingerprint density at radius 3 is 2.44 bits per heavy atom. The lowest BCUT2D eigenvalue weighted by atomic mass is 9.90. The molecule has 0 heterocycles. The zero-order valence-corrected chi connectivity index (χ0v) is 10.8. The highest BCUT2D eigenvalue weighted by atomic mass is 14.9. The summed E-state index contributed by atoms with van der Waals surface area (Å²) in [6.07, 6.45) is 11.6. The Kier molecular flexibility index (Phi) is 5.19. The summed E-state index contributed by atoms with van der Waals surface area (Å²) in [7, 11) is 0. The fourth-order valence-corrected chi connectivity index (χ4v) is 1.84. The van der Waals surface area contributed by atoms with Gasteiger partial charge in [-0.1, -0.05) is 30.4 Å². The van der Waals surface area contributed by atoms with Crippen LogP contribution in [0.3, 0.4) is 0 Å². The molecule has 88 valence electrons. The van der Waals surface area contributed by atoms with Crippen LogP contribution in [0, 0.1) is 12.3 Å². The van der Waals surface area contributed by atoms with Crippen molar-refractivity contribution in [3.63, 3.8) is 0 Å². The fraction of sp³-hybridized carbons (Fsp3) is 0.600. The van der Waals surface area contributed by atoms with Crippen molar-refractivity contribution < 1.29 is 0 Å². The number of hydrogen-bond acceptors (Lipinski definition) is 1. The lowest BCUT2D eigenvalue weighted by Crippen LogP contribution is -2.19. The zero-order valence-electron chi connectivity index (χ0n) is 10.8. The van der Waals surface area contributed by atoms with Crippen LogP contribution in [-0.4, -0.2) is 6.54 Å². The van der Waals surface area contributed by atoms with Gasteiger partial charge in [0.05, 0.1) is 5.70 Å². The maximum atomic E-state index is 5.52. The lowest BCUT2D eigenvalue weighted by Gasteiger charge is -2.20. The van der Waals surface area contributed by atoms with Crippen molar-refractivity contribution in [1.82, 2.24) is 5.32 Å². The SMILES string of the molecule is C#CC(NC/C(C)=C(\C)CCC)=C1CCC1. The average molecular weight is 217 g/mol. The Morgan fingerprint density at radius 2 is 2.00 bits per heavy atom. The standard InChI is InChI=1S/C15H23N/c1-5-8-12(3)13(4)11-16-15(6-2)14-9-7-10-14/h2,16H,5,7-11H2,1,3-4H3/b13-12+. The smallest absolute Gasteiger partial charge is 0.0845 e. The predicted octanol–water partition coefficient (Wildman–Crippen LogP) is 3.78. The van der Waals surface area contributed by atoms with Crippen molar-refractivity contribution in [2.45, 2.75) is 52.9 Å². The van der Waals surface area contributed by atoms with Crippen molar-refractivity contribution in [3.05, 3.63) is 22.4 Å². The number of terminal acetylenes is 1. The van der Waals surface area contributed by atoms with E-state index < -0.39 is 0 Å². The van der Waals surface area contributed by atoms with Crippen LogP contribution in [0.1, 0.15) is 52.9 Å². The van der Waals surface area contributed by atoms with Gasteiger partial charge in [0, 0.05) is 6.54 Å². The van der Waals surface area contributed by atoms with Gasteiger partial charge < -0.3 is 5.32 Å². The fourth-order valence-electron chi connectivity index (χ4n) is 1.84. The first-order valence-corrected chi connectivity index (χ1v) is 6.26. The molecular weight excluding hydrogens is 194 g/mol. The van der Waals surface area contributed by atoms with Gasteiger partial charge in [0.1, 0.15) is 0 Å². The third-order valence-corrected chi connectivity index (χ3v) is 3.34. The molecule has 16 heavy (non-hydrogen) atoms. The monoisotopic (exact) mass is 217 g/mol. The number of rotatable bonds is 5. The molecule has 0 aliphatic heterocycles. The van der Waals surface area contributed by atoms with Crippen LogP contribution >= 0.6 is 0 Å². The van der Waals surface area contributed by atoms with Gasteiger partial charge in [0.2, 0.25) is 0 Å². The molecule has 0 amide bonds. The molecule has 0 bridgehead atoms. The first kappa shape index (κ1) is 12.9. The van der Waals surface area contributed by atoms with E-state index in [-0.39, 0.29) is 0 Å². The molecule has 1 N–H and O–H groups in total. The highest BCUT2D eigenvalue weighted by Crippen LogP contribution is 2.27. The van der Waals surface area contributed by atoms with Crippen LogP contribution in [-0.2, 0) is 0 Å². The number of allylic oxidation sites excluding steroid dienone is 3. The van der Waals surface area contributed by atoms with E-state index >= 15 is 0 Å². The van der Waals surface area contributed by atoms with E-state index in [1.165, 1.54) is 48.8 Å². The molecule has 0 aromatic heterocycles. The molecule has 1 fully saturated rings. The summed E-state index contributed by atoms with van der Waals surface area (Å²) in [5.74, 6) is 2.78. The summed E-state index contributed by atoms with van der Waals surface area (Å²) in [5.41, 5.74) is 5.39. The Morgan fingerprint density at radius 1 is 1.31 bits per heavy atom. The van der Waals surface area contributed by atoms with E-state index in [1.54, 1.807) is 0 Å². The van der Waals surface area contributed by atoms with Gasteiger partial charge in [-0.05, 0) is 45.1 Å². The van der Waals surface area contributed by atoms with Gasteiger partial charge in [-0.2, -0.15) is 0 Å². The maximum absolute atomic E-state index is 5.52. The molecule has 1 aliphatic carbocycles. The van der Waals surface area contributed by atoms with E-state index in [9.17, 15) is 0 Å². The molecule has 0 saturated heterocycles. The van der Waals surface area contributed by atoms with Crippen molar-refractivity contribution >= 4 is 0 Å². The summed E-state index contributed by atoms with van der Waals surface area (Å²) < 4.78 is 0. The average Bonchev–Trinajstić information content (AvgIpc) is 2.21. The van der Waals surface area contributed by atoms with Crippen LogP contribution in [0.15, 0.2) is 22.4 Å². The molecule has 0 aromatic carbocycles. The second kappa shape index (κ2) is 6.43. The Hall–Kier alpha value is -1.16. The minimum absolute atomic E-state index is 0.898. The van der Waals surface area contributed by atoms with E-state index in [1.807, 2.05) is 0 Å². The Balaban J connectivity index is 2.51. The maximum Gasteiger partial charge on any atom is 0.0845 e. The molecule has 1 saturated carbocycles. The largest absolute Gasteiger partial charge is 0.375 e. The summed E-state index contributed by atoms with van der Waals surface area (Å²) in [6.45, 7) is 7.52. The van der Waals surface area contributed by atoms with Crippen LogP contribution in [0.4, 0.5) is 0 Å². The van der Waals surface area contributed by atoms with Crippen LogP contribution in [0.5, 0.6) is 0 Å². The Bertz CT molecular complexity index is 333. The molecule has 1 aliphatic rings. The first-order chi connectivity index (χ1) is 7.69. The highest BCUT2D eigenvalue weighted by molar-refractivity contribution is 5.33. The third kappa shape index (κ3) is 3.45. The highest BCUT2D eigenvalue weighted by Gasteiger charge is 2.13. The Labute approximate surface area is 100 Å². The van der Waals surface area contributed by atoms with Crippen molar-refractivity contribution in [2.75, 3.05) is 6.54 Å². The van der Waals surface area contributed by atoms with Crippen LogP contribution < -0.4 is 5.32 Å². The third-order valence-electron chi connectivity index (χ3n) is 3.34. The quantitative estimate of drug-likeness (QED) is 0.546. The normalized spacial score (nSPS) is 16.0. The van der Waals surface area contributed by atoms with Gasteiger partial charge in [0.25, 0.3) is 0 Å². The molecule has 0 atom stereocenters. The number of nitrogens with one attached hydrogen (secondary N) is 1. The minimum atomic E-state index is 0.898. The van der Waals surface area contributed by atoms with E-state index in [0.29, 0.717) is 0 Å². The van der Waals surface area contributed by atoms with Gasteiger partial charge in [-0.15, -0.1) is 6.42 Å². The van der Waals surface area contributed by atoms with E-state index in [0.717, 1.165) is 12.2 Å². The molecule has 1 heteroatoms. The topological polar surface area (TPSA) is 12.0 Å². The van der Waals surface area contributed by atoms with Gasteiger partial charge in [-0.3, -0.25) is 0 Å². The number of hydrogen-bond donors (Lipinski definition) is 1. The van der Waals surface area contributed by atoms with Crippen molar-refractivity contribution in [3.8, 4) is 12.3 Å². The zero-order chi connectivity index (χ0) is 12.0. The molecule has 0 unspecified atom stereocenters. The summed E-state index contributed by atoms with van der Waals surface area (Å²) in [4.78, 5) is 0. The molecule has 1 rings (SSSR count). The van der Waals surface area contributed by atoms with Crippen LogP contribution in [0.25, 0.3) is 0 Å². The van der Waals surface area contributed by atoms with E-state index in [4.69, 9.17) is 6.42 Å². The molecule has 0 radical (unpaired) electrons. The summed E-state index contributed by atoms with van der Waals surface area (Å²) in [6, 6.07) is 0. The van der Waals surface area contributed by atoms with E-state index in [2.05, 4.69) is 32.0 Å². The second-order valence-corrected chi connectivity index (χ2v) is 4.64. The van der Waals surface area contributed by atoms with Gasteiger partial charge >= 0.3 is 0 Å². The van der Waals surface area contributed by atoms with Gasteiger partial charge in [0.15, 0.2) is 0 Å². The van der Waals surface area contributed by atoms with Crippen molar-refractivity contribution in [1.29, 1.82) is 0 Å². The first-order valence-electron chi connectivity index (χ1n) is 6.26. The van der Waals surface area contributed by atoms with Crippen LogP contribution in [0.2, 0.25) is 0 Å². The summed E-state index contributed by atoms with van der Waals surface area (Å²) in [5, 5.41) is 3.40. The lowest BCUT2D eigenvalue weighted by molar-refractivity contribution is 0.641. The molecule has 1 nitrogen and oxygen atoms in total. The van der Waals surface area contributed by atoms with Gasteiger partial charge in [-0.25, -0.2) is 0 Å². The minimum Gasteiger partial charge on any atom is -0.375 e. The summed E-state index contributed by atoms with van der Waals surface area (Å²) >= 11 is 0. The second-order valence-electron chi connectivity index (χ2n) is 4.64. The van der Waals surface area contributed by atoms with Crippen molar-refractivity contribution in [2.24, 2.45) is 0 Å². The predicted molar refractivity (Wildman–Crippen MR) is 71.0 cm³/mol.